The third-order valence-corrected chi connectivity index (χ3v) is 3.85. The van der Waals surface area contributed by atoms with Crippen molar-refractivity contribution in [2.45, 2.75) is 27.3 Å². The number of aromatic nitrogens is 3. The first-order valence-corrected chi connectivity index (χ1v) is 6.61. The van der Waals surface area contributed by atoms with Gasteiger partial charge in [0.15, 0.2) is 6.29 Å². The van der Waals surface area contributed by atoms with Crippen molar-refractivity contribution in [3.8, 4) is 11.4 Å². The minimum atomic E-state index is 0.586. The van der Waals surface area contributed by atoms with Gasteiger partial charge in [0.25, 0.3) is 0 Å². The SMILES string of the molecule is CCn1nc(-c2c(C)cc(C)c(=S)n2C)cc1C=O. The van der Waals surface area contributed by atoms with E-state index in [0.29, 0.717) is 12.2 Å². The summed E-state index contributed by atoms with van der Waals surface area (Å²) >= 11 is 5.40. The molecule has 0 unspecified atom stereocenters. The summed E-state index contributed by atoms with van der Waals surface area (Å²) < 4.78 is 4.45. The average Bonchev–Trinajstić information content (AvgIpc) is 2.79. The van der Waals surface area contributed by atoms with Gasteiger partial charge in [-0.3, -0.25) is 9.48 Å². The van der Waals surface area contributed by atoms with Crippen LogP contribution in [0.3, 0.4) is 0 Å². The highest BCUT2D eigenvalue weighted by molar-refractivity contribution is 7.71. The van der Waals surface area contributed by atoms with Gasteiger partial charge >= 0.3 is 0 Å². The number of rotatable bonds is 3. The molecule has 0 radical (unpaired) electrons. The molecule has 0 aromatic carbocycles. The Bertz CT molecular complexity index is 697. The lowest BCUT2D eigenvalue weighted by atomic mass is 10.1. The molecular formula is C14H17N3OS. The monoisotopic (exact) mass is 275 g/mol. The Balaban J connectivity index is 2.72. The predicted octanol–water partition coefficient (Wildman–Crippen LogP) is 3.07. The van der Waals surface area contributed by atoms with E-state index in [1.807, 2.05) is 38.5 Å². The zero-order valence-electron chi connectivity index (χ0n) is 11.6. The van der Waals surface area contributed by atoms with Crippen LogP contribution in [0.25, 0.3) is 11.4 Å². The van der Waals surface area contributed by atoms with Gasteiger partial charge in [0.1, 0.15) is 16.0 Å². The Kier molecular flexibility index (Phi) is 3.66. The fourth-order valence-corrected chi connectivity index (χ4v) is 2.50. The van der Waals surface area contributed by atoms with Crippen molar-refractivity contribution in [3.63, 3.8) is 0 Å². The van der Waals surface area contributed by atoms with Crippen molar-refractivity contribution in [3.05, 3.63) is 33.6 Å². The Morgan fingerprint density at radius 3 is 2.53 bits per heavy atom. The molecular weight excluding hydrogens is 258 g/mol. The van der Waals surface area contributed by atoms with E-state index >= 15 is 0 Å². The van der Waals surface area contributed by atoms with Gasteiger partial charge in [0.05, 0.1) is 5.69 Å². The van der Waals surface area contributed by atoms with Crippen LogP contribution >= 0.6 is 12.2 Å². The van der Waals surface area contributed by atoms with Gasteiger partial charge < -0.3 is 4.57 Å². The molecule has 0 aliphatic heterocycles. The molecule has 19 heavy (non-hydrogen) atoms. The molecule has 0 aliphatic carbocycles. The van der Waals surface area contributed by atoms with Crippen LogP contribution in [0.15, 0.2) is 12.1 Å². The number of carbonyl (C=O) groups excluding carboxylic acids is 1. The second kappa shape index (κ2) is 5.09. The van der Waals surface area contributed by atoms with Gasteiger partial charge in [-0.05, 0) is 38.0 Å². The van der Waals surface area contributed by atoms with Crippen LogP contribution in [0.1, 0.15) is 28.5 Å². The summed E-state index contributed by atoms with van der Waals surface area (Å²) in [6.07, 6.45) is 0.831. The first-order valence-electron chi connectivity index (χ1n) is 6.20. The van der Waals surface area contributed by atoms with Crippen molar-refractivity contribution >= 4 is 18.5 Å². The molecule has 4 nitrogen and oxygen atoms in total. The fraction of sp³-hybridized carbons (Fsp3) is 0.357. The Morgan fingerprint density at radius 2 is 2.00 bits per heavy atom. The maximum Gasteiger partial charge on any atom is 0.168 e. The lowest BCUT2D eigenvalue weighted by Crippen LogP contribution is -2.04. The molecule has 0 amide bonds. The highest BCUT2D eigenvalue weighted by Gasteiger charge is 2.13. The molecule has 2 aromatic heterocycles. The van der Waals surface area contributed by atoms with Crippen LogP contribution in [0.2, 0.25) is 0 Å². The summed E-state index contributed by atoms with van der Waals surface area (Å²) in [6, 6.07) is 3.87. The van der Waals surface area contributed by atoms with Gasteiger partial charge in [-0.2, -0.15) is 5.10 Å². The molecule has 100 valence electrons. The Hall–Kier alpha value is -1.75. The van der Waals surface area contributed by atoms with Crippen LogP contribution < -0.4 is 0 Å². The Labute approximate surface area is 117 Å². The molecule has 0 fully saturated rings. The lowest BCUT2D eigenvalue weighted by molar-refractivity contribution is 0.111. The summed E-state index contributed by atoms with van der Waals surface area (Å²) in [5.41, 5.74) is 4.51. The molecule has 0 spiro atoms. The minimum Gasteiger partial charge on any atom is -0.333 e. The molecule has 2 rings (SSSR count). The van der Waals surface area contributed by atoms with Crippen molar-refractivity contribution in [2.24, 2.45) is 7.05 Å². The van der Waals surface area contributed by atoms with E-state index in [1.165, 1.54) is 0 Å². The van der Waals surface area contributed by atoms with Crippen LogP contribution in [-0.2, 0) is 13.6 Å². The Morgan fingerprint density at radius 1 is 1.32 bits per heavy atom. The van der Waals surface area contributed by atoms with Crippen molar-refractivity contribution in [1.29, 1.82) is 0 Å². The molecule has 2 aromatic rings. The highest BCUT2D eigenvalue weighted by Crippen LogP contribution is 2.24. The van der Waals surface area contributed by atoms with Gasteiger partial charge in [-0.15, -0.1) is 0 Å². The molecule has 5 heteroatoms. The number of carbonyl (C=O) groups is 1. The zero-order chi connectivity index (χ0) is 14.2. The molecule has 0 N–H and O–H groups in total. The van der Waals surface area contributed by atoms with Gasteiger partial charge in [0, 0.05) is 13.6 Å². The first kappa shape index (κ1) is 13.7. The number of hydrogen-bond donors (Lipinski definition) is 0. The van der Waals surface area contributed by atoms with Crippen LogP contribution in [-0.4, -0.2) is 20.6 Å². The fourth-order valence-electron chi connectivity index (χ4n) is 2.35. The third-order valence-electron chi connectivity index (χ3n) is 3.26. The number of aryl methyl sites for hydroxylation is 3. The average molecular weight is 275 g/mol. The third kappa shape index (κ3) is 2.26. The molecule has 0 aliphatic rings. The van der Waals surface area contributed by atoms with E-state index in [2.05, 4.69) is 11.2 Å². The predicted molar refractivity (Wildman–Crippen MR) is 78.0 cm³/mol. The van der Waals surface area contributed by atoms with Gasteiger partial charge in [0.2, 0.25) is 0 Å². The van der Waals surface area contributed by atoms with E-state index in [9.17, 15) is 4.79 Å². The lowest BCUT2D eigenvalue weighted by Gasteiger charge is -2.12. The van der Waals surface area contributed by atoms with Crippen molar-refractivity contribution in [2.75, 3.05) is 0 Å². The van der Waals surface area contributed by atoms with Crippen molar-refractivity contribution in [1.82, 2.24) is 14.3 Å². The number of aldehydes is 1. The molecule has 2 heterocycles. The van der Waals surface area contributed by atoms with Gasteiger partial charge in [-0.25, -0.2) is 0 Å². The largest absolute Gasteiger partial charge is 0.333 e. The highest BCUT2D eigenvalue weighted by atomic mass is 32.1. The zero-order valence-corrected chi connectivity index (χ0v) is 12.4. The smallest absolute Gasteiger partial charge is 0.168 e. The molecule has 0 atom stereocenters. The van der Waals surface area contributed by atoms with E-state index in [-0.39, 0.29) is 0 Å². The second-order valence-electron chi connectivity index (χ2n) is 4.61. The van der Waals surface area contributed by atoms with Crippen LogP contribution in [0, 0.1) is 18.5 Å². The van der Waals surface area contributed by atoms with E-state index in [1.54, 1.807) is 4.68 Å². The standard InChI is InChI=1S/C14H17N3OS/c1-5-17-11(8-18)7-12(15-17)13-9(2)6-10(3)14(19)16(13)4/h6-8H,5H2,1-4H3. The van der Waals surface area contributed by atoms with E-state index in [0.717, 1.165) is 33.4 Å². The molecule has 0 saturated heterocycles. The van der Waals surface area contributed by atoms with E-state index in [4.69, 9.17) is 12.2 Å². The van der Waals surface area contributed by atoms with Crippen molar-refractivity contribution < 1.29 is 4.79 Å². The summed E-state index contributed by atoms with van der Waals surface area (Å²) in [6.45, 7) is 6.66. The summed E-state index contributed by atoms with van der Waals surface area (Å²) in [4.78, 5) is 11.0. The first-order chi connectivity index (χ1) is 8.99. The maximum atomic E-state index is 11.0. The van der Waals surface area contributed by atoms with Crippen LogP contribution in [0.4, 0.5) is 0 Å². The summed E-state index contributed by atoms with van der Waals surface area (Å²) in [7, 11) is 1.93. The number of hydrogen-bond acceptors (Lipinski definition) is 3. The topological polar surface area (TPSA) is 39.8 Å². The second-order valence-corrected chi connectivity index (χ2v) is 5.00. The quantitative estimate of drug-likeness (QED) is 0.638. The molecule has 0 saturated carbocycles. The number of pyridine rings is 1. The minimum absolute atomic E-state index is 0.586. The summed E-state index contributed by atoms with van der Waals surface area (Å²) in [5.74, 6) is 0. The number of nitrogens with zero attached hydrogens (tertiary/aromatic N) is 3. The van der Waals surface area contributed by atoms with Gasteiger partial charge in [-0.1, -0.05) is 18.3 Å². The summed E-state index contributed by atoms with van der Waals surface area (Å²) in [5, 5.41) is 4.48. The van der Waals surface area contributed by atoms with Crippen LogP contribution in [0.5, 0.6) is 0 Å². The van der Waals surface area contributed by atoms with E-state index < -0.39 is 0 Å². The maximum absolute atomic E-state index is 11.0. The molecule has 0 bridgehead atoms. The normalized spacial score (nSPS) is 10.7.